The highest BCUT2D eigenvalue weighted by molar-refractivity contribution is 5.79. The molecule has 0 unspecified atom stereocenters. The molecule has 1 aromatic carbocycles. The Hall–Kier alpha value is -1.45. The van der Waals surface area contributed by atoms with Crippen molar-refractivity contribution in [3.63, 3.8) is 0 Å². The van der Waals surface area contributed by atoms with Crippen LogP contribution in [0.1, 0.15) is 44.1 Å². The van der Waals surface area contributed by atoms with E-state index in [4.69, 9.17) is 0 Å². The van der Waals surface area contributed by atoms with Crippen molar-refractivity contribution in [1.29, 1.82) is 0 Å². The van der Waals surface area contributed by atoms with Gasteiger partial charge in [0, 0.05) is 24.6 Å². The average Bonchev–Trinajstić information content (AvgIpc) is 2.45. The molecule has 2 fully saturated rings. The van der Waals surface area contributed by atoms with Crippen LogP contribution in [-0.2, 0) is 11.2 Å². The normalized spacial score (nSPS) is 22.5. The van der Waals surface area contributed by atoms with Crippen LogP contribution < -0.4 is 0 Å². The molecule has 1 aliphatic carbocycles. The third kappa shape index (κ3) is 3.31. The van der Waals surface area contributed by atoms with Crippen molar-refractivity contribution in [1.82, 2.24) is 4.90 Å². The molecular formula is C18H23F2NO. The molecule has 4 heteroatoms. The number of benzene rings is 1. The molecule has 1 atom stereocenters. The van der Waals surface area contributed by atoms with Gasteiger partial charge in [-0.2, -0.15) is 0 Å². The molecule has 0 aromatic heterocycles. The minimum atomic E-state index is -0.460. The first-order valence-electron chi connectivity index (χ1n) is 8.37. The van der Waals surface area contributed by atoms with E-state index < -0.39 is 11.6 Å². The molecule has 1 amide bonds. The summed E-state index contributed by atoms with van der Waals surface area (Å²) in [4.78, 5) is 14.3. The fourth-order valence-electron chi connectivity index (χ4n) is 3.53. The Kier molecular flexibility index (Phi) is 4.74. The van der Waals surface area contributed by atoms with Gasteiger partial charge in [-0.05, 0) is 56.6 Å². The smallest absolute Gasteiger partial charge is 0.225 e. The van der Waals surface area contributed by atoms with Gasteiger partial charge in [-0.3, -0.25) is 4.79 Å². The van der Waals surface area contributed by atoms with Crippen LogP contribution in [0.5, 0.6) is 0 Å². The van der Waals surface area contributed by atoms with Crippen LogP contribution >= 0.6 is 0 Å². The van der Waals surface area contributed by atoms with E-state index in [1.54, 1.807) is 0 Å². The summed E-state index contributed by atoms with van der Waals surface area (Å²) in [5.74, 6) is -0.0241. The summed E-state index contributed by atoms with van der Waals surface area (Å²) in [5.41, 5.74) is 0.185. The van der Waals surface area contributed by atoms with Gasteiger partial charge in [0.25, 0.3) is 0 Å². The maximum Gasteiger partial charge on any atom is 0.225 e. The van der Waals surface area contributed by atoms with Gasteiger partial charge in [0.1, 0.15) is 11.6 Å². The van der Waals surface area contributed by atoms with E-state index in [1.807, 2.05) is 4.90 Å². The van der Waals surface area contributed by atoms with Crippen LogP contribution in [0, 0.1) is 23.5 Å². The molecule has 3 rings (SSSR count). The molecule has 0 radical (unpaired) electrons. The summed E-state index contributed by atoms with van der Waals surface area (Å²) in [6.45, 7) is 1.60. The van der Waals surface area contributed by atoms with Crippen LogP contribution in [0.2, 0.25) is 0 Å². The quantitative estimate of drug-likeness (QED) is 0.825. The molecule has 1 heterocycles. The van der Waals surface area contributed by atoms with E-state index in [0.29, 0.717) is 18.2 Å². The van der Waals surface area contributed by atoms with Crippen LogP contribution in [0.4, 0.5) is 8.78 Å². The molecule has 1 aromatic rings. The van der Waals surface area contributed by atoms with Crippen molar-refractivity contribution in [3.05, 3.63) is 35.4 Å². The van der Waals surface area contributed by atoms with Crippen molar-refractivity contribution in [2.45, 2.75) is 44.9 Å². The molecule has 1 saturated carbocycles. The van der Waals surface area contributed by atoms with Crippen molar-refractivity contribution in [2.75, 3.05) is 13.1 Å². The molecule has 2 nitrogen and oxygen atoms in total. The van der Waals surface area contributed by atoms with Crippen LogP contribution in [0.25, 0.3) is 0 Å². The zero-order valence-electron chi connectivity index (χ0n) is 12.9. The van der Waals surface area contributed by atoms with Gasteiger partial charge in [0.2, 0.25) is 5.91 Å². The lowest BCUT2D eigenvalue weighted by Crippen LogP contribution is -2.44. The van der Waals surface area contributed by atoms with Gasteiger partial charge in [0.15, 0.2) is 0 Å². The molecule has 120 valence electrons. The molecule has 0 spiro atoms. The van der Waals surface area contributed by atoms with Crippen molar-refractivity contribution >= 4 is 5.91 Å². The van der Waals surface area contributed by atoms with Gasteiger partial charge < -0.3 is 4.90 Å². The Bertz CT molecular complexity index is 522. The second-order valence-corrected chi connectivity index (χ2v) is 6.66. The zero-order valence-corrected chi connectivity index (χ0v) is 12.9. The lowest BCUT2D eigenvalue weighted by Gasteiger charge is -2.37. The van der Waals surface area contributed by atoms with Crippen molar-refractivity contribution < 1.29 is 13.6 Å². The third-order valence-electron chi connectivity index (χ3n) is 5.15. The van der Waals surface area contributed by atoms with Gasteiger partial charge in [0.05, 0.1) is 0 Å². The van der Waals surface area contributed by atoms with Crippen molar-refractivity contribution in [3.8, 4) is 0 Å². The minimum absolute atomic E-state index is 0.185. The summed E-state index contributed by atoms with van der Waals surface area (Å²) in [7, 11) is 0. The highest BCUT2D eigenvalue weighted by Gasteiger charge is 2.32. The predicted octanol–water partition coefficient (Wildman–Crippen LogP) is 3.94. The second-order valence-electron chi connectivity index (χ2n) is 6.66. The fourth-order valence-corrected chi connectivity index (χ4v) is 3.53. The fraction of sp³-hybridized carbons (Fsp3) is 0.611. The van der Waals surface area contributed by atoms with Gasteiger partial charge in [-0.1, -0.05) is 12.5 Å². The molecule has 22 heavy (non-hydrogen) atoms. The first kappa shape index (κ1) is 15.4. The third-order valence-corrected chi connectivity index (χ3v) is 5.15. The van der Waals surface area contributed by atoms with Crippen LogP contribution in [0.3, 0.4) is 0 Å². The first-order valence-corrected chi connectivity index (χ1v) is 8.37. The molecule has 1 aliphatic heterocycles. The van der Waals surface area contributed by atoms with Crippen LogP contribution in [0.15, 0.2) is 18.2 Å². The Labute approximate surface area is 130 Å². The Balaban J connectivity index is 1.55. The predicted molar refractivity (Wildman–Crippen MR) is 81.3 cm³/mol. The van der Waals surface area contributed by atoms with Gasteiger partial charge in [-0.15, -0.1) is 0 Å². The van der Waals surface area contributed by atoms with E-state index in [-0.39, 0.29) is 11.5 Å². The number of amides is 1. The number of piperidine rings is 1. The molecule has 0 N–H and O–H groups in total. The van der Waals surface area contributed by atoms with Crippen molar-refractivity contribution in [2.24, 2.45) is 11.8 Å². The summed E-state index contributed by atoms with van der Waals surface area (Å²) < 4.78 is 27.3. The van der Waals surface area contributed by atoms with E-state index in [1.165, 1.54) is 24.6 Å². The number of carbonyl (C=O) groups is 1. The number of carbonyl (C=O) groups excluding carboxylic acids is 1. The maximum absolute atomic E-state index is 13.7. The molecule has 2 aliphatic rings. The topological polar surface area (TPSA) is 20.3 Å². The Morgan fingerprint density at radius 1 is 1.14 bits per heavy atom. The number of rotatable bonds is 4. The summed E-state index contributed by atoms with van der Waals surface area (Å²) >= 11 is 0. The Morgan fingerprint density at radius 2 is 1.86 bits per heavy atom. The summed E-state index contributed by atoms with van der Waals surface area (Å²) in [6.07, 6.45) is 6.43. The maximum atomic E-state index is 13.7. The molecule has 1 saturated heterocycles. The summed E-state index contributed by atoms with van der Waals surface area (Å²) in [5, 5.41) is 0. The minimum Gasteiger partial charge on any atom is -0.342 e. The largest absolute Gasteiger partial charge is 0.342 e. The number of likely N-dealkylation sites (tertiary alicyclic amines) is 1. The van der Waals surface area contributed by atoms with Gasteiger partial charge >= 0.3 is 0 Å². The SMILES string of the molecule is O=C(C1CCC1)N1CCC[C@H](CCc2c(F)cccc2F)C1. The van der Waals surface area contributed by atoms with E-state index in [9.17, 15) is 13.6 Å². The molecular weight excluding hydrogens is 284 g/mol. The molecule has 0 bridgehead atoms. The highest BCUT2D eigenvalue weighted by Crippen LogP contribution is 2.31. The second kappa shape index (κ2) is 6.76. The summed E-state index contributed by atoms with van der Waals surface area (Å²) in [6, 6.07) is 4.02. The van der Waals surface area contributed by atoms with Crippen LogP contribution in [-0.4, -0.2) is 23.9 Å². The number of hydrogen-bond acceptors (Lipinski definition) is 1. The lowest BCUT2D eigenvalue weighted by molar-refractivity contribution is -0.140. The standard InChI is InChI=1S/C18H23F2NO/c19-16-7-2-8-17(20)15(16)10-9-13-4-3-11-21(12-13)18(22)14-5-1-6-14/h2,7-8,13-14H,1,3-6,9-12H2/t13-/m1/s1. The van der Waals surface area contributed by atoms with E-state index in [2.05, 4.69) is 0 Å². The zero-order chi connectivity index (χ0) is 15.5. The van der Waals surface area contributed by atoms with Gasteiger partial charge in [-0.25, -0.2) is 8.78 Å². The number of hydrogen-bond donors (Lipinski definition) is 0. The Morgan fingerprint density at radius 3 is 2.50 bits per heavy atom. The highest BCUT2D eigenvalue weighted by atomic mass is 19.1. The average molecular weight is 307 g/mol. The number of nitrogens with zero attached hydrogens (tertiary/aromatic N) is 1. The number of halogens is 2. The first-order chi connectivity index (χ1) is 10.6. The van der Waals surface area contributed by atoms with E-state index >= 15 is 0 Å². The monoisotopic (exact) mass is 307 g/mol. The van der Waals surface area contributed by atoms with E-state index in [0.717, 1.165) is 45.2 Å². The lowest BCUT2D eigenvalue weighted by atomic mass is 9.83.